The summed E-state index contributed by atoms with van der Waals surface area (Å²) in [5.41, 5.74) is -0.350. The van der Waals surface area contributed by atoms with E-state index >= 15 is 0 Å². The van der Waals surface area contributed by atoms with Gasteiger partial charge in [-0.1, -0.05) is 18.5 Å². The summed E-state index contributed by atoms with van der Waals surface area (Å²) in [4.78, 5) is 24.6. The summed E-state index contributed by atoms with van der Waals surface area (Å²) in [5, 5.41) is 22.2. The molecule has 7 nitrogen and oxygen atoms in total. The van der Waals surface area contributed by atoms with Crippen LogP contribution in [0.4, 0.5) is 11.5 Å². The van der Waals surface area contributed by atoms with Crippen LogP contribution in [0.2, 0.25) is 5.02 Å². The lowest BCUT2D eigenvalue weighted by molar-refractivity contribution is -0.384. The fourth-order valence-electron chi connectivity index (χ4n) is 1.18. The van der Waals surface area contributed by atoms with Crippen LogP contribution in [0.25, 0.3) is 0 Å². The highest BCUT2D eigenvalue weighted by atomic mass is 35.5. The van der Waals surface area contributed by atoms with Crippen LogP contribution in [0.15, 0.2) is 12.3 Å². The predicted octanol–water partition coefficient (Wildman–Crippen LogP) is 1.92. The molecule has 17 heavy (non-hydrogen) atoms. The van der Waals surface area contributed by atoms with E-state index in [1.165, 1.54) is 6.20 Å². The first-order valence-electron chi connectivity index (χ1n) is 4.75. The smallest absolute Gasteiger partial charge is 0.326 e. The molecule has 0 aliphatic rings. The van der Waals surface area contributed by atoms with E-state index in [2.05, 4.69) is 10.3 Å². The van der Waals surface area contributed by atoms with Crippen molar-refractivity contribution in [3.8, 4) is 0 Å². The third-order valence-corrected chi connectivity index (χ3v) is 2.25. The molecular weight excluding hydrogens is 250 g/mol. The van der Waals surface area contributed by atoms with Crippen LogP contribution in [0.1, 0.15) is 13.3 Å². The molecule has 0 fully saturated rings. The van der Waals surface area contributed by atoms with E-state index in [4.69, 9.17) is 16.7 Å². The van der Waals surface area contributed by atoms with Crippen molar-refractivity contribution in [3.63, 3.8) is 0 Å². The molecule has 0 aliphatic carbocycles. The Bertz CT molecular complexity index is 452. The van der Waals surface area contributed by atoms with E-state index in [1.807, 2.05) is 0 Å². The maximum absolute atomic E-state index is 10.8. The van der Waals surface area contributed by atoms with Gasteiger partial charge in [-0.15, -0.1) is 0 Å². The highest BCUT2D eigenvalue weighted by molar-refractivity contribution is 6.30. The second-order valence-electron chi connectivity index (χ2n) is 3.22. The molecule has 2 N–H and O–H groups in total. The van der Waals surface area contributed by atoms with Gasteiger partial charge < -0.3 is 10.4 Å². The van der Waals surface area contributed by atoms with E-state index in [1.54, 1.807) is 6.92 Å². The number of nitrogens with zero attached hydrogens (tertiary/aromatic N) is 2. The topological polar surface area (TPSA) is 105 Å². The van der Waals surface area contributed by atoms with Gasteiger partial charge in [-0.25, -0.2) is 9.78 Å². The van der Waals surface area contributed by atoms with Gasteiger partial charge in [0.05, 0.1) is 9.95 Å². The van der Waals surface area contributed by atoms with Gasteiger partial charge in [0.15, 0.2) is 0 Å². The molecule has 0 amide bonds. The van der Waals surface area contributed by atoms with Crippen LogP contribution >= 0.6 is 11.6 Å². The molecule has 1 atom stereocenters. The number of aromatic nitrogens is 1. The molecule has 1 heterocycles. The Morgan fingerprint density at radius 3 is 2.88 bits per heavy atom. The molecule has 1 aromatic rings. The van der Waals surface area contributed by atoms with Gasteiger partial charge in [0.25, 0.3) is 0 Å². The maximum atomic E-state index is 10.8. The lowest BCUT2D eigenvalue weighted by atomic mass is 10.2. The van der Waals surface area contributed by atoms with Crippen LogP contribution < -0.4 is 5.32 Å². The average molecular weight is 260 g/mol. The SMILES string of the molecule is CCC(Nc1ncc(Cl)cc1[N+](=O)[O-])C(=O)O. The third kappa shape index (κ3) is 3.28. The van der Waals surface area contributed by atoms with Gasteiger partial charge in [0, 0.05) is 12.3 Å². The van der Waals surface area contributed by atoms with Crippen LogP contribution in [0.3, 0.4) is 0 Å². The number of hydrogen-bond donors (Lipinski definition) is 2. The fraction of sp³-hybridized carbons (Fsp3) is 0.333. The Morgan fingerprint density at radius 2 is 2.41 bits per heavy atom. The lowest BCUT2D eigenvalue weighted by Gasteiger charge is -2.12. The first-order valence-corrected chi connectivity index (χ1v) is 5.12. The summed E-state index contributed by atoms with van der Waals surface area (Å²) in [6, 6.07) is 0.188. The van der Waals surface area contributed by atoms with Crippen molar-refractivity contribution >= 4 is 29.1 Å². The largest absolute Gasteiger partial charge is 0.480 e. The van der Waals surface area contributed by atoms with Crippen LogP contribution in [0.5, 0.6) is 0 Å². The van der Waals surface area contributed by atoms with Gasteiger partial charge in [0.1, 0.15) is 6.04 Å². The molecule has 0 saturated heterocycles. The summed E-state index contributed by atoms with van der Waals surface area (Å²) >= 11 is 5.58. The van der Waals surface area contributed by atoms with Crippen LogP contribution in [-0.2, 0) is 4.79 Å². The number of hydrogen-bond acceptors (Lipinski definition) is 5. The fourth-order valence-corrected chi connectivity index (χ4v) is 1.33. The van der Waals surface area contributed by atoms with Crippen molar-refractivity contribution < 1.29 is 14.8 Å². The minimum absolute atomic E-state index is 0.103. The Kier molecular flexibility index (Phi) is 4.22. The van der Waals surface area contributed by atoms with E-state index in [0.29, 0.717) is 0 Å². The monoisotopic (exact) mass is 259 g/mol. The summed E-state index contributed by atoms with van der Waals surface area (Å²) < 4.78 is 0. The van der Waals surface area contributed by atoms with Gasteiger partial charge >= 0.3 is 11.7 Å². The number of carboxylic acid groups (broad SMARTS) is 1. The van der Waals surface area contributed by atoms with Crippen molar-refractivity contribution in [3.05, 3.63) is 27.4 Å². The summed E-state index contributed by atoms with van der Waals surface area (Å²) in [7, 11) is 0. The first kappa shape index (κ1) is 13.2. The van der Waals surface area contributed by atoms with Gasteiger partial charge in [-0.2, -0.15) is 0 Å². The minimum atomic E-state index is -1.10. The third-order valence-electron chi connectivity index (χ3n) is 2.05. The van der Waals surface area contributed by atoms with Crippen molar-refractivity contribution in [1.29, 1.82) is 0 Å². The second-order valence-corrected chi connectivity index (χ2v) is 3.66. The molecule has 0 aromatic carbocycles. The number of halogens is 1. The Hall–Kier alpha value is -1.89. The van der Waals surface area contributed by atoms with Crippen molar-refractivity contribution in [2.45, 2.75) is 19.4 Å². The normalized spacial score (nSPS) is 11.9. The summed E-state index contributed by atoms with van der Waals surface area (Å²) in [6.45, 7) is 1.65. The quantitative estimate of drug-likeness (QED) is 0.618. The summed E-state index contributed by atoms with van der Waals surface area (Å²) in [6.07, 6.45) is 1.49. The zero-order valence-electron chi connectivity index (χ0n) is 8.88. The first-order chi connectivity index (χ1) is 7.95. The Morgan fingerprint density at radius 1 is 1.76 bits per heavy atom. The molecule has 0 aliphatic heterocycles. The molecule has 1 unspecified atom stereocenters. The number of pyridine rings is 1. The van der Waals surface area contributed by atoms with Gasteiger partial charge in [-0.05, 0) is 6.42 Å². The number of nitro groups is 1. The molecule has 92 valence electrons. The molecule has 0 bridgehead atoms. The van der Waals surface area contributed by atoms with E-state index in [0.717, 1.165) is 6.07 Å². The maximum Gasteiger partial charge on any atom is 0.326 e. The number of rotatable bonds is 5. The van der Waals surface area contributed by atoms with Crippen molar-refractivity contribution in [1.82, 2.24) is 4.98 Å². The van der Waals surface area contributed by atoms with Crippen molar-refractivity contribution in [2.75, 3.05) is 5.32 Å². The molecule has 1 rings (SSSR count). The highest BCUT2D eigenvalue weighted by Crippen LogP contribution is 2.25. The van der Waals surface area contributed by atoms with Crippen molar-refractivity contribution in [2.24, 2.45) is 0 Å². The molecular formula is C9H10ClN3O4. The second kappa shape index (κ2) is 5.44. The highest BCUT2D eigenvalue weighted by Gasteiger charge is 2.22. The number of carbonyl (C=O) groups is 1. The number of aliphatic carboxylic acids is 1. The van der Waals surface area contributed by atoms with Crippen LogP contribution in [0, 0.1) is 10.1 Å². The molecule has 0 saturated carbocycles. The Balaban J connectivity index is 3.05. The van der Waals surface area contributed by atoms with Crippen LogP contribution in [-0.4, -0.2) is 27.0 Å². The number of anilines is 1. The van der Waals surface area contributed by atoms with Gasteiger partial charge in [-0.3, -0.25) is 10.1 Å². The average Bonchev–Trinajstić information content (AvgIpc) is 2.26. The number of nitrogens with one attached hydrogen (secondary N) is 1. The number of carboxylic acids is 1. The Labute approximate surface area is 102 Å². The summed E-state index contributed by atoms with van der Waals surface area (Å²) in [5.74, 6) is -1.20. The standard InChI is InChI=1S/C9H10ClN3O4/c1-2-6(9(14)15)12-8-7(13(16)17)3-5(10)4-11-8/h3-4,6H,2H2,1H3,(H,11,12)(H,14,15). The molecule has 0 radical (unpaired) electrons. The van der Waals surface area contributed by atoms with E-state index < -0.39 is 16.9 Å². The molecule has 1 aromatic heterocycles. The van der Waals surface area contributed by atoms with E-state index in [9.17, 15) is 14.9 Å². The predicted molar refractivity (Wildman–Crippen MR) is 61.2 cm³/mol. The lowest BCUT2D eigenvalue weighted by Crippen LogP contribution is -2.29. The zero-order chi connectivity index (χ0) is 13.0. The van der Waals surface area contributed by atoms with Gasteiger partial charge in [0.2, 0.25) is 5.82 Å². The van der Waals surface area contributed by atoms with E-state index in [-0.39, 0.29) is 22.9 Å². The molecule has 0 spiro atoms. The zero-order valence-corrected chi connectivity index (χ0v) is 9.64. The minimum Gasteiger partial charge on any atom is -0.480 e. The molecule has 8 heteroatoms.